The molecule has 2 rings (SSSR count). The lowest BCUT2D eigenvalue weighted by Gasteiger charge is -2.38. The molecule has 1 aromatic carbocycles. The molecule has 5 heteroatoms. The van der Waals surface area contributed by atoms with Gasteiger partial charge < -0.3 is 10.2 Å². The Morgan fingerprint density at radius 3 is 2.47 bits per heavy atom. The molecule has 1 N–H and O–H groups in total. The number of carbonyl (C=O) groups is 1. The van der Waals surface area contributed by atoms with E-state index in [-0.39, 0.29) is 18.1 Å². The number of amides is 2. The lowest BCUT2D eigenvalue weighted by molar-refractivity contribution is 0.133. The smallest absolute Gasteiger partial charge is 0.319 e. The molecule has 0 aromatic heterocycles. The second-order valence-electron chi connectivity index (χ2n) is 5.09. The molecule has 1 aliphatic heterocycles. The molecule has 1 fully saturated rings. The quantitative estimate of drug-likeness (QED) is 0.794. The van der Waals surface area contributed by atoms with Gasteiger partial charge in [0, 0.05) is 17.1 Å². The Labute approximate surface area is 123 Å². The SMILES string of the molecule is C[C@@H]1CCC[C@H](C)N1C(=O)Nc1ccc(Cl)cc1Cl. The summed E-state index contributed by atoms with van der Waals surface area (Å²) in [5.41, 5.74) is 0.598. The fourth-order valence-corrected chi connectivity index (χ4v) is 3.05. The van der Waals surface area contributed by atoms with Crippen molar-refractivity contribution >= 4 is 34.9 Å². The number of halogens is 2. The van der Waals surface area contributed by atoms with Crippen molar-refractivity contribution in [2.45, 2.75) is 45.2 Å². The summed E-state index contributed by atoms with van der Waals surface area (Å²) in [6.07, 6.45) is 3.27. The van der Waals surface area contributed by atoms with Crippen LogP contribution in [0.15, 0.2) is 18.2 Å². The third kappa shape index (κ3) is 3.34. The first-order valence-corrected chi connectivity index (χ1v) is 7.29. The van der Waals surface area contributed by atoms with Gasteiger partial charge in [0.2, 0.25) is 0 Å². The number of hydrogen-bond donors (Lipinski definition) is 1. The van der Waals surface area contributed by atoms with Crippen LogP contribution in [0.3, 0.4) is 0 Å². The third-order valence-electron chi connectivity index (χ3n) is 3.60. The van der Waals surface area contributed by atoms with Crippen LogP contribution >= 0.6 is 23.2 Å². The second kappa shape index (κ2) is 6.02. The molecule has 1 aliphatic rings. The molecule has 1 heterocycles. The molecule has 3 nitrogen and oxygen atoms in total. The van der Waals surface area contributed by atoms with Crippen LogP contribution < -0.4 is 5.32 Å². The van der Waals surface area contributed by atoms with Crippen LogP contribution in [0.5, 0.6) is 0 Å². The fraction of sp³-hybridized carbons (Fsp3) is 0.500. The van der Waals surface area contributed by atoms with E-state index in [1.807, 2.05) is 4.90 Å². The summed E-state index contributed by atoms with van der Waals surface area (Å²) in [6.45, 7) is 4.16. The van der Waals surface area contributed by atoms with Gasteiger partial charge in [0.05, 0.1) is 10.7 Å². The highest BCUT2D eigenvalue weighted by Crippen LogP contribution is 2.28. The molecule has 1 saturated heterocycles. The lowest BCUT2D eigenvalue weighted by atomic mass is 9.98. The van der Waals surface area contributed by atoms with Crippen LogP contribution in [0.4, 0.5) is 10.5 Å². The minimum absolute atomic E-state index is 0.0936. The predicted octanol–water partition coefficient (Wildman–Crippen LogP) is 4.79. The van der Waals surface area contributed by atoms with Crippen LogP contribution in [-0.2, 0) is 0 Å². The van der Waals surface area contributed by atoms with E-state index in [9.17, 15) is 4.79 Å². The van der Waals surface area contributed by atoms with Gasteiger partial charge in [0.1, 0.15) is 0 Å². The number of anilines is 1. The Bertz CT molecular complexity index is 469. The van der Waals surface area contributed by atoms with Gasteiger partial charge in [-0.3, -0.25) is 0 Å². The fourth-order valence-electron chi connectivity index (χ4n) is 2.59. The molecule has 0 radical (unpaired) electrons. The highest BCUT2D eigenvalue weighted by atomic mass is 35.5. The Morgan fingerprint density at radius 1 is 1.26 bits per heavy atom. The minimum Gasteiger partial charge on any atom is -0.319 e. The zero-order chi connectivity index (χ0) is 14.0. The highest BCUT2D eigenvalue weighted by molar-refractivity contribution is 6.36. The van der Waals surface area contributed by atoms with Crippen molar-refractivity contribution < 1.29 is 4.79 Å². The molecule has 0 aliphatic carbocycles. The molecule has 2 atom stereocenters. The average molecular weight is 301 g/mol. The monoisotopic (exact) mass is 300 g/mol. The normalized spacial score (nSPS) is 23.3. The largest absolute Gasteiger partial charge is 0.322 e. The van der Waals surface area contributed by atoms with E-state index in [1.165, 1.54) is 6.42 Å². The first kappa shape index (κ1) is 14.5. The third-order valence-corrected chi connectivity index (χ3v) is 4.15. The highest BCUT2D eigenvalue weighted by Gasteiger charge is 2.29. The number of carbonyl (C=O) groups excluding carboxylic acids is 1. The number of rotatable bonds is 1. The summed E-state index contributed by atoms with van der Waals surface area (Å²) >= 11 is 11.9. The summed E-state index contributed by atoms with van der Waals surface area (Å²) in [5, 5.41) is 3.88. The summed E-state index contributed by atoms with van der Waals surface area (Å²) in [4.78, 5) is 14.2. The van der Waals surface area contributed by atoms with E-state index in [0.717, 1.165) is 12.8 Å². The number of nitrogens with zero attached hydrogens (tertiary/aromatic N) is 1. The molecule has 1 aromatic rings. The Morgan fingerprint density at radius 2 is 1.89 bits per heavy atom. The molecule has 2 amide bonds. The number of likely N-dealkylation sites (tertiary alicyclic amines) is 1. The maximum absolute atomic E-state index is 12.3. The molecule has 0 saturated carbocycles. The summed E-state index contributed by atoms with van der Waals surface area (Å²) in [7, 11) is 0. The van der Waals surface area contributed by atoms with Crippen molar-refractivity contribution in [3.63, 3.8) is 0 Å². The summed E-state index contributed by atoms with van der Waals surface area (Å²) in [5.74, 6) is 0. The van der Waals surface area contributed by atoms with Crippen molar-refractivity contribution in [2.75, 3.05) is 5.32 Å². The zero-order valence-corrected chi connectivity index (χ0v) is 12.6. The molecular formula is C14H18Cl2N2O. The van der Waals surface area contributed by atoms with Gasteiger partial charge in [0.15, 0.2) is 0 Å². The first-order valence-electron chi connectivity index (χ1n) is 6.53. The average Bonchev–Trinajstić information content (AvgIpc) is 2.32. The predicted molar refractivity (Wildman–Crippen MR) is 80.1 cm³/mol. The van der Waals surface area contributed by atoms with Crippen LogP contribution in [-0.4, -0.2) is 23.0 Å². The number of piperidine rings is 1. The van der Waals surface area contributed by atoms with Gasteiger partial charge in [-0.1, -0.05) is 23.2 Å². The zero-order valence-electron chi connectivity index (χ0n) is 11.1. The molecule has 0 unspecified atom stereocenters. The number of benzene rings is 1. The van der Waals surface area contributed by atoms with Gasteiger partial charge in [-0.25, -0.2) is 4.79 Å². The summed E-state index contributed by atoms with van der Waals surface area (Å²) < 4.78 is 0. The van der Waals surface area contributed by atoms with Gasteiger partial charge >= 0.3 is 6.03 Å². The van der Waals surface area contributed by atoms with Gasteiger partial charge in [0.25, 0.3) is 0 Å². The minimum atomic E-state index is -0.0936. The Balaban J connectivity index is 2.11. The van der Waals surface area contributed by atoms with Gasteiger partial charge in [-0.2, -0.15) is 0 Å². The molecule has 0 bridgehead atoms. The lowest BCUT2D eigenvalue weighted by Crippen LogP contribution is -2.49. The number of urea groups is 1. The van der Waals surface area contributed by atoms with Crippen molar-refractivity contribution in [1.29, 1.82) is 0 Å². The number of nitrogens with one attached hydrogen (secondary N) is 1. The number of hydrogen-bond acceptors (Lipinski definition) is 1. The second-order valence-corrected chi connectivity index (χ2v) is 5.93. The first-order chi connectivity index (χ1) is 8.99. The Hall–Kier alpha value is -0.930. The van der Waals surface area contributed by atoms with Gasteiger partial charge in [-0.05, 0) is 51.3 Å². The van der Waals surface area contributed by atoms with Crippen LogP contribution in [0.2, 0.25) is 10.0 Å². The van der Waals surface area contributed by atoms with Crippen LogP contribution in [0.25, 0.3) is 0 Å². The standard InChI is InChI=1S/C14H18Cl2N2O/c1-9-4-3-5-10(2)18(9)14(19)17-13-7-6-11(15)8-12(13)16/h6-10H,3-5H2,1-2H3,(H,17,19)/t9-,10+. The van der Waals surface area contributed by atoms with Crippen molar-refractivity contribution in [3.05, 3.63) is 28.2 Å². The summed E-state index contributed by atoms with van der Waals surface area (Å²) in [6, 6.07) is 5.49. The van der Waals surface area contributed by atoms with E-state index < -0.39 is 0 Å². The van der Waals surface area contributed by atoms with Crippen molar-refractivity contribution in [3.8, 4) is 0 Å². The van der Waals surface area contributed by atoms with E-state index in [1.54, 1.807) is 18.2 Å². The van der Waals surface area contributed by atoms with E-state index in [2.05, 4.69) is 19.2 Å². The maximum atomic E-state index is 12.3. The van der Waals surface area contributed by atoms with Crippen LogP contribution in [0.1, 0.15) is 33.1 Å². The molecule has 104 valence electrons. The van der Waals surface area contributed by atoms with E-state index in [4.69, 9.17) is 23.2 Å². The topological polar surface area (TPSA) is 32.3 Å². The van der Waals surface area contributed by atoms with E-state index >= 15 is 0 Å². The molecule has 0 spiro atoms. The maximum Gasteiger partial charge on any atom is 0.322 e. The van der Waals surface area contributed by atoms with Crippen molar-refractivity contribution in [2.24, 2.45) is 0 Å². The van der Waals surface area contributed by atoms with Crippen LogP contribution in [0, 0.1) is 0 Å². The van der Waals surface area contributed by atoms with Gasteiger partial charge in [-0.15, -0.1) is 0 Å². The molecular weight excluding hydrogens is 283 g/mol. The van der Waals surface area contributed by atoms with Crippen molar-refractivity contribution in [1.82, 2.24) is 4.90 Å². The molecule has 19 heavy (non-hydrogen) atoms. The van der Waals surface area contributed by atoms with E-state index in [0.29, 0.717) is 15.7 Å². The Kier molecular flexibility index (Phi) is 4.58.